The zero-order chi connectivity index (χ0) is 20.5. The average Bonchev–Trinajstić information content (AvgIpc) is 3.22. The summed E-state index contributed by atoms with van der Waals surface area (Å²) in [4.78, 5) is 25.6. The number of rotatable bonds is 10. The Kier molecular flexibility index (Phi) is 8.13. The third kappa shape index (κ3) is 5.88. The molecule has 0 N–H and O–H groups in total. The van der Waals surface area contributed by atoms with Gasteiger partial charge >= 0.3 is 5.97 Å². The monoisotopic (exact) mass is 407 g/mol. The Morgan fingerprint density at radius 3 is 2.25 bits per heavy atom. The van der Waals surface area contributed by atoms with Gasteiger partial charge in [0, 0.05) is 20.0 Å². The predicted octanol–water partition coefficient (Wildman–Crippen LogP) is 2.91. The van der Waals surface area contributed by atoms with Gasteiger partial charge in [-0.3, -0.25) is 9.59 Å². The highest BCUT2D eigenvalue weighted by Gasteiger charge is 2.16. The highest BCUT2D eigenvalue weighted by Crippen LogP contribution is 2.38. The zero-order valence-electron chi connectivity index (χ0n) is 16.5. The van der Waals surface area contributed by atoms with Crippen LogP contribution in [0.2, 0.25) is 0 Å². The summed E-state index contributed by atoms with van der Waals surface area (Å²) in [5.41, 5.74) is 1.89. The number of benzene rings is 1. The van der Waals surface area contributed by atoms with Crippen molar-refractivity contribution >= 4 is 23.2 Å². The summed E-state index contributed by atoms with van der Waals surface area (Å²) >= 11 is 1.57. The van der Waals surface area contributed by atoms with E-state index in [1.165, 1.54) is 26.2 Å². The lowest BCUT2D eigenvalue weighted by atomic mass is 10.1. The van der Waals surface area contributed by atoms with Gasteiger partial charge in [-0.15, -0.1) is 0 Å². The Hall–Kier alpha value is -2.74. The molecule has 8 heteroatoms. The van der Waals surface area contributed by atoms with Crippen LogP contribution in [0, 0.1) is 0 Å². The number of amides is 1. The summed E-state index contributed by atoms with van der Waals surface area (Å²) in [6.07, 6.45) is 0.564. The molecule has 0 saturated heterocycles. The van der Waals surface area contributed by atoms with Gasteiger partial charge in [-0.25, -0.2) is 0 Å². The first-order valence-corrected chi connectivity index (χ1v) is 9.62. The first kappa shape index (κ1) is 21.6. The maximum atomic E-state index is 12.1. The molecule has 0 spiro atoms. The molecule has 1 heterocycles. The van der Waals surface area contributed by atoms with E-state index in [2.05, 4.69) is 0 Å². The van der Waals surface area contributed by atoms with Crippen LogP contribution in [0.1, 0.15) is 17.5 Å². The maximum Gasteiger partial charge on any atom is 0.306 e. The van der Waals surface area contributed by atoms with E-state index >= 15 is 0 Å². The van der Waals surface area contributed by atoms with E-state index in [9.17, 15) is 9.59 Å². The topological polar surface area (TPSA) is 74.3 Å². The second kappa shape index (κ2) is 10.6. The van der Waals surface area contributed by atoms with Gasteiger partial charge < -0.3 is 23.8 Å². The first-order chi connectivity index (χ1) is 13.5. The van der Waals surface area contributed by atoms with Crippen LogP contribution in [0.25, 0.3) is 0 Å². The standard InChI is InChI=1S/C20H25NO6S/c1-21(11-15-7-8-28-13-15)18(22)12-27-19(23)6-5-14-9-16(24-2)20(26-4)17(10-14)25-3/h7-10,13H,5-6,11-12H2,1-4H3. The van der Waals surface area contributed by atoms with Crippen molar-refractivity contribution in [2.24, 2.45) is 0 Å². The quantitative estimate of drug-likeness (QED) is 0.564. The molecule has 0 atom stereocenters. The number of aryl methyl sites for hydroxylation is 1. The molecule has 152 valence electrons. The van der Waals surface area contributed by atoms with Crippen LogP contribution in [0.4, 0.5) is 0 Å². The van der Waals surface area contributed by atoms with E-state index in [0.717, 1.165) is 11.1 Å². The van der Waals surface area contributed by atoms with Gasteiger partial charge in [0.15, 0.2) is 18.1 Å². The van der Waals surface area contributed by atoms with E-state index in [-0.39, 0.29) is 18.9 Å². The van der Waals surface area contributed by atoms with Crippen LogP contribution in [0.3, 0.4) is 0 Å². The van der Waals surface area contributed by atoms with Crippen LogP contribution in [0.15, 0.2) is 29.0 Å². The van der Waals surface area contributed by atoms with Crippen LogP contribution in [-0.2, 0) is 27.3 Å². The minimum Gasteiger partial charge on any atom is -0.493 e. The molecule has 0 saturated carbocycles. The minimum atomic E-state index is -0.439. The second-order valence-electron chi connectivity index (χ2n) is 6.08. The van der Waals surface area contributed by atoms with E-state index in [4.69, 9.17) is 18.9 Å². The van der Waals surface area contributed by atoms with Crippen LogP contribution < -0.4 is 14.2 Å². The summed E-state index contributed by atoms with van der Waals surface area (Å²) in [6, 6.07) is 5.53. The molecule has 1 amide bonds. The number of nitrogens with zero attached hydrogens (tertiary/aromatic N) is 1. The van der Waals surface area contributed by atoms with E-state index in [0.29, 0.717) is 30.2 Å². The van der Waals surface area contributed by atoms with E-state index in [1.54, 1.807) is 30.5 Å². The molecular weight excluding hydrogens is 382 g/mol. The number of methoxy groups -OCH3 is 3. The Morgan fingerprint density at radius 1 is 1.04 bits per heavy atom. The highest BCUT2D eigenvalue weighted by molar-refractivity contribution is 7.07. The first-order valence-electron chi connectivity index (χ1n) is 8.68. The number of carbonyl (C=O) groups is 2. The van der Waals surface area contributed by atoms with Crippen molar-refractivity contribution < 1.29 is 28.5 Å². The Balaban J connectivity index is 1.84. The Morgan fingerprint density at radius 2 is 1.71 bits per heavy atom. The lowest BCUT2D eigenvalue weighted by molar-refractivity contribution is -0.151. The van der Waals surface area contributed by atoms with E-state index in [1.807, 2.05) is 16.8 Å². The van der Waals surface area contributed by atoms with Crippen LogP contribution in [-0.4, -0.2) is 51.8 Å². The molecule has 2 rings (SSSR count). The van der Waals surface area contributed by atoms with Gasteiger partial charge in [0.05, 0.1) is 21.3 Å². The molecule has 0 aliphatic rings. The molecule has 0 fully saturated rings. The van der Waals surface area contributed by atoms with Gasteiger partial charge in [-0.05, 0) is 46.5 Å². The number of carbonyl (C=O) groups excluding carboxylic acids is 2. The lowest BCUT2D eigenvalue weighted by Crippen LogP contribution is -2.30. The SMILES string of the molecule is COc1cc(CCC(=O)OCC(=O)N(C)Cc2ccsc2)cc(OC)c1OC. The van der Waals surface area contributed by atoms with Gasteiger partial charge in [0.25, 0.3) is 5.91 Å². The van der Waals surface area contributed by atoms with Crippen molar-refractivity contribution in [1.82, 2.24) is 4.90 Å². The van der Waals surface area contributed by atoms with E-state index < -0.39 is 5.97 Å². The minimum absolute atomic E-state index is 0.139. The largest absolute Gasteiger partial charge is 0.493 e. The summed E-state index contributed by atoms with van der Waals surface area (Å²) in [5.74, 6) is 0.861. The molecular formula is C20H25NO6S. The van der Waals surface area contributed by atoms with Gasteiger partial charge in [-0.1, -0.05) is 0 Å². The number of thiophene rings is 1. The molecule has 0 unspecified atom stereocenters. The van der Waals surface area contributed by atoms with Crippen molar-refractivity contribution in [2.75, 3.05) is 35.0 Å². The molecule has 1 aromatic heterocycles. The van der Waals surface area contributed by atoms with Crippen molar-refractivity contribution in [3.63, 3.8) is 0 Å². The van der Waals surface area contributed by atoms with Crippen LogP contribution >= 0.6 is 11.3 Å². The highest BCUT2D eigenvalue weighted by atomic mass is 32.1. The van der Waals surface area contributed by atoms with Crippen molar-refractivity contribution in [2.45, 2.75) is 19.4 Å². The van der Waals surface area contributed by atoms with Gasteiger partial charge in [0.1, 0.15) is 0 Å². The molecule has 7 nitrogen and oxygen atoms in total. The fourth-order valence-corrected chi connectivity index (χ4v) is 3.26. The normalized spacial score (nSPS) is 10.3. The molecule has 0 aliphatic carbocycles. The zero-order valence-corrected chi connectivity index (χ0v) is 17.3. The summed E-state index contributed by atoms with van der Waals surface area (Å²) in [7, 11) is 6.29. The van der Waals surface area contributed by atoms with Crippen LogP contribution in [0.5, 0.6) is 17.2 Å². The molecule has 0 radical (unpaired) electrons. The number of ether oxygens (including phenoxy) is 4. The lowest BCUT2D eigenvalue weighted by Gasteiger charge is -2.16. The Bertz CT molecular complexity index is 765. The molecule has 1 aromatic carbocycles. The van der Waals surface area contributed by atoms with Crippen molar-refractivity contribution in [1.29, 1.82) is 0 Å². The molecule has 0 bridgehead atoms. The molecule has 28 heavy (non-hydrogen) atoms. The number of hydrogen-bond donors (Lipinski definition) is 0. The fourth-order valence-electron chi connectivity index (χ4n) is 2.60. The maximum absolute atomic E-state index is 12.1. The third-order valence-corrected chi connectivity index (χ3v) is 4.86. The predicted molar refractivity (Wildman–Crippen MR) is 106 cm³/mol. The fraction of sp³-hybridized carbons (Fsp3) is 0.400. The average molecular weight is 407 g/mol. The summed E-state index contributed by atoms with van der Waals surface area (Å²) in [6.45, 7) is 0.222. The summed E-state index contributed by atoms with van der Waals surface area (Å²) in [5, 5.41) is 3.93. The van der Waals surface area contributed by atoms with Gasteiger partial charge in [-0.2, -0.15) is 11.3 Å². The second-order valence-corrected chi connectivity index (χ2v) is 6.86. The van der Waals surface area contributed by atoms with Crippen molar-refractivity contribution in [3.05, 3.63) is 40.1 Å². The number of hydrogen-bond acceptors (Lipinski definition) is 7. The Labute approximate surface area is 168 Å². The number of esters is 1. The summed E-state index contributed by atoms with van der Waals surface area (Å²) < 4.78 is 21.0. The molecule has 0 aliphatic heterocycles. The number of likely N-dealkylation sites (N-methyl/N-ethyl adjacent to an activating group) is 1. The molecule has 2 aromatic rings. The van der Waals surface area contributed by atoms with Gasteiger partial charge in [0.2, 0.25) is 5.75 Å². The van der Waals surface area contributed by atoms with Crippen molar-refractivity contribution in [3.8, 4) is 17.2 Å². The third-order valence-electron chi connectivity index (χ3n) is 4.12. The smallest absolute Gasteiger partial charge is 0.306 e.